The molecule has 1 saturated heterocycles. The van der Waals surface area contributed by atoms with Crippen molar-refractivity contribution in [3.8, 4) is 0 Å². The van der Waals surface area contributed by atoms with Gasteiger partial charge in [0.15, 0.2) is 0 Å². The summed E-state index contributed by atoms with van der Waals surface area (Å²) in [5.41, 5.74) is 1.41. The number of rotatable bonds is 4. The maximum atomic E-state index is 3.67. The van der Waals surface area contributed by atoms with E-state index in [0.29, 0.717) is 6.04 Å². The van der Waals surface area contributed by atoms with Crippen LogP contribution in [0.4, 0.5) is 0 Å². The highest BCUT2D eigenvalue weighted by molar-refractivity contribution is 9.10. The molecule has 19 heavy (non-hydrogen) atoms. The third kappa shape index (κ3) is 4.45. The average molecular weight is 348 g/mol. The topological polar surface area (TPSA) is 15.3 Å². The summed E-state index contributed by atoms with van der Waals surface area (Å²) in [6.45, 7) is 5.90. The van der Waals surface area contributed by atoms with E-state index >= 15 is 0 Å². The van der Waals surface area contributed by atoms with Crippen LogP contribution < -0.4 is 5.32 Å². The quantitative estimate of drug-likeness (QED) is 0.889. The van der Waals surface area contributed by atoms with E-state index in [1.807, 2.05) is 0 Å². The Kier molecular flexibility index (Phi) is 7.37. The number of nitrogens with zero attached hydrogens (tertiary/aromatic N) is 1. The van der Waals surface area contributed by atoms with Crippen LogP contribution in [0.3, 0.4) is 0 Å². The SMILES string of the molecule is CNCC1CCCN(C(C)c2ccccc2Br)C1.Cl. The van der Waals surface area contributed by atoms with Gasteiger partial charge in [-0.15, -0.1) is 12.4 Å². The molecule has 0 spiro atoms. The summed E-state index contributed by atoms with van der Waals surface area (Å²) < 4.78 is 1.23. The van der Waals surface area contributed by atoms with Crippen molar-refractivity contribution in [2.75, 3.05) is 26.7 Å². The molecule has 1 aromatic carbocycles. The zero-order valence-corrected chi connectivity index (χ0v) is 14.1. The number of hydrogen-bond acceptors (Lipinski definition) is 2. The van der Waals surface area contributed by atoms with Gasteiger partial charge in [-0.25, -0.2) is 0 Å². The van der Waals surface area contributed by atoms with E-state index in [2.05, 4.69) is 64.4 Å². The number of piperidine rings is 1. The van der Waals surface area contributed by atoms with Crippen LogP contribution in [-0.2, 0) is 0 Å². The van der Waals surface area contributed by atoms with E-state index < -0.39 is 0 Å². The molecule has 1 aliphatic rings. The second-order valence-corrected chi connectivity index (χ2v) is 6.11. The van der Waals surface area contributed by atoms with Gasteiger partial charge in [-0.3, -0.25) is 4.90 Å². The molecule has 4 heteroatoms. The summed E-state index contributed by atoms with van der Waals surface area (Å²) in [6, 6.07) is 9.09. The summed E-state index contributed by atoms with van der Waals surface area (Å²) >= 11 is 3.67. The highest BCUT2D eigenvalue weighted by Gasteiger charge is 2.24. The first-order valence-corrected chi connectivity index (χ1v) is 7.64. The zero-order chi connectivity index (χ0) is 13.0. The molecule has 0 aromatic heterocycles. The van der Waals surface area contributed by atoms with E-state index in [9.17, 15) is 0 Å². The van der Waals surface area contributed by atoms with Gasteiger partial charge in [0.05, 0.1) is 0 Å². The summed E-state index contributed by atoms with van der Waals surface area (Å²) in [4.78, 5) is 2.62. The molecule has 0 bridgehead atoms. The molecule has 1 aliphatic heterocycles. The molecule has 2 rings (SSSR count). The number of benzene rings is 1. The van der Waals surface area contributed by atoms with E-state index in [1.165, 1.54) is 36.0 Å². The third-order valence-electron chi connectivity index (χ3n) is 3.95. The van der Waals surface area contributed by atoms with Crippen molar-refractivity contribution in [1.29, 1.82) is 0 Å². The van der Waals surface area contributed by atoms with Crippen molar-refractivity contribution in [1.82, 2.24) is 10.2 Å². The highest BCUT2D eigenvalue weighted by Crippen LogP contribution is 2.30. The molecule has 2 nitrogen and oxygen atoms in total. The lowest BCUT2D eigenvalue weighted by Gasteiger charge is -2.37. The molecule has 0 saturated carbocycles. The highest BCUT2D eigenvalue weighted by atomic mass is 79.9. The number of hydrogen-bond donors (Lipinski definition) is 1. The van der Waals surface area contributed by atoms with Crippen LogP contribution in [0.1, 0.15) is 31.4 Å². The van der Waals surface area contributed by atoms with Crippen LogP contribution in [0.15, 0.2) is 28.7 Å². The second kappa shape index (κ2) is 8.25. The Morgan fingerprint density at radius 3 is 2.84 bits per heavy atom. The Morgan fingerprint density at radius 2 is 2.16 bits per heavy atom. The molecule has 1 heterocycles. The van der Waals surface area contributed by atoms with E-state index in [-0.39, 0.29) is 12.4 Å². The van der Waals surface area contributed by atoms with Crippen LogP contribution in [-0.4, -0.2) is 31.6 Å². The lowest BCUT2D eigenvalue weighted by Crippen LogP contribution is -2.40. The van der Waals surface area contributed by atoms with Crippen molar-refractivity contribution in [2.45, 2.75) is 25.8 Å². The van der Waals surface area contributed by atoms with Crippen molar-refractivity contribution < 1.29 is 0 Å². The zero-order valence-electron chi connectivity index (χ0n) is 11.7. The first-order chi connectivity index (χ1) is 8.72. The van der Waals surface area contributed by atoms with Crippen LogP contribution in [0.5, 0.6) is 0 Å². The first kappa shape index (κ1) is 17.0. The van der Waals surface area contributed by atoms with Gasteiger partial charge < -0.3 is 5.32 Å². The lowest BCUT2D eigenvalue weighted by molar-refractivity contribution is 0.131. The summed E-state index contributed by atoms with van der Waals surface area (Å²) in [5, 5.41) is 3.31. The van der Waals surface area contributed by atoms with Crippen LogP contribution in [0, 0.1) is 5.92 Å². The molecule has 2 unspecified atom stereocenters. The van der Waals surface area contributed by atoms with Crippen LogP contribution in [0.2, 0.25) is 0 Å². The number of halogens is 2. The first-order valence-electron chi connectivity index (χ1n) is 6.85. The average Bonchev–Trinajstić information content (AvgIpc) is 2.39. The fourth-order valence-corrected chi connectivity index (χ4v) is 3.53. The smallest absolute Gasteiger partial charge is 0.0331 e. The molecular formula is C15H24BrClN2. The molecule has 108 valence electrons. The third-order valence-corrected chi connectivity index (χ3v) is 4.67. The van der Waals surface area contributed by atoms with Crippen molar-refractivity contribution in [3.05, 3.63) is 34.3 Å². The molecule has 0 aliphatic carbocycles. The fourth-order valence-electron chi connectivity index (χ4n) is 2.91. The van der Waals surface area contributed by atoms with Gasteiger partial charge in [0.2, 0.25) is 0 Å². The normalized spacial score (nSPS) is 21.7. The molecule has 1 aromatic rings. The van der Waals surface area contributed by atoms with Crippen molar-refractivity contribution in [2.24, 2.45) is 5.92 Å². The van der Waals surface area contributed by atoms with Crippen LogP contribution >= 0.6 is 28.3 Å². The number of nitrogens with one attached hydrogen (secondary N) is 1. The lowest BCUT2D eigenvalue weighted by atomic mass is 9.95. The van der Waals surface area contributed by atoms with Crippen molar-refractivity contribution >= 4 is 28.3 Å². The largest absolute Gasteiger partial charge is 0.319 e. The Balaban J connectivity index is 0.00000180. The predicted molar refractivity (Wildman–Crippen MR) is 88.0 cm³/mol. The van der Waals surface area contributed by atoms with Gasteiger partial charge in [-0.1, -0.05) is 34.1 Å². The minimum absolute atomic E-state index is 0. The molecule has 1 N–H and O–H groups in total. The Bertz CT molecular complexity index is 384. The Labute approximate surface area is 131 Å². The van der Waals surface area contributed by atoms with E-state index in [1.54, 1.807) is 0 Å². The molecule has 2 atom stereocenters. The van der Waals surface area contributed by atoms with Crippen molar-refractivity contribution in [3.63, 3.8) is 0 Å². The van der Waals surface area contributed by atoms with Gasteiger partial charge in [-0.05, 0) is 57.5 Å². The molecule has 0 radical (unpaired) electrons. The Morgan fingerprint density at radius 1 is 1.42 bits per heavy atom. The summed E-state index contributed by atoms with van der Waals surface area (Å²) in [7, 11) is 2.05. The Hall–Kier alpha value is -0.0900. The minimum atomic E-state index is 0. The van der Waals surface area contributed by atoms with Gasteiger partial charge in [0, 0.05) is 17.1 Å². The maximum Gasteiger partial charge on any atom is 0.0331 e. The van der Waals surface area contributed by atoms with E-state index in [4.69, 9.17) is 0 Å². The van der Waals surface area contributed by atoms with Gasteiger partial charge >= 0.3 is 0 Å². The fraction of sp³-hybridized carbons (Fsp3) is 0.600. The molecular weight excluding hydrogens is 324 g/mol. The van der Waals surface area contributed by atoms with Gasteiger partial charge in [-0.2, -0.15) is 0 Å². The molecule has 0 amide bonds. The second-order valence-electron chi connectivity index (χ2n) is 5.26. The van der Waals surface area contributed by atoms with Crippen LogP contribution in [0.25, 0.3) is 0 Å². The minimum Gasteiger partial charge on any atom is -0.319 e. The summed E-state index contributed by atoms with van der Waals surface area (Å²) in [6.07, 6.45) is 2.68. The number of likely N-dealkylation sites (tertiary alicyclic amines) is 1. The van der Waals surface area contributed by atoms with E-state index in [0.717, 1.165) is 12.5 Å². The molecule has 1 fully saturated rings. The monoisotopic (exact) mass is 346 g/mol. The van der Waals surface area contributed by atoms with Gasteiger partial charge in [0.25, 0.3) is 0 Å². The standard InChI is InChI=1S/C15H23BrN2.ClH/c1-12(14-7-3-4-8-15(14)16)18-9-5-6-13(11-18)10-17-2;/h3-4,7-8,12-13,17H,5-6,9-11H2,1-2H3;1H. The summed E-state index contributed by atoms with van der Waals surface area (Å²) in [5.74, 6) is 0.800. The van der Waals surface area contributed by atoms with Gasteiger partial charge in [0.1, 0.15) is 0 Å². The predicted octanol–water partition coefficient (Wildman–Crippen LogP) is 3.86. The maximum absolute atomic E-state index is 3.67.